The van der Waals surface area contributed by atoms with Crippen molar-refractivity contribution in [3.05, 3.63) is 371 Å². The Hall–Kier alpha value is -12.7. The van der Waals surface area contributed by atoms with E-state index in [9.17, 15) is 72.7 Å². The summed E-state index contributed by atoms with van der Waals surface area (Å²) in [4.78, 5) is 108. The molecule has 25 heteroatoms. The molecule has 12 rings (SSSR count). The molecule has 0 saturated heterocycles. The fourth-order valence-corrected chi connectivity index (χ4v) is 11.8. The molecule has 0 spiro atoms. The molecular formula is C96H95F10N9O6. The number of aryl methyl sites for hydroxylation is 5. The molecule has 0 bridgehead atoms. The molecule has 0 aliphatic rings. The van der Waals surface area contributed by atoms with Crippen LogP contribution in [0.2, 0.25) is 0 Å². The van der Waals surface area contributed by atoms with Crippen molar-refractivity contribution in [2.75, 3.05) is 0 Å². The second-order valence-electron chi connectivity index (χ2n) is 30.3. The van der Waals surface area contributed by atoms with Crippen LogP contribution in [-0.4, -0.2) is 79.6 Å². The van der Waals surface area contributed by atoms with Gasteiger partial charge < -0.3 is 0 Å². The lowest BCUT2D eigenvalue weighted by Crippen LogP contribution is -2.10. The van der Waals surface area contributed by atoms with E-state index in [4.69, 9.17) is 0 Å². The summed E-state index contributed by atoms with van der Waals surface area (Å²) in [6.45, 7) is 27.9. The van der Waals surface area contributed by atoms with Crippen LogP contribution >= 0.6 is 0 Å². The zero-order chi connectivity index (χ0) is 89.1. The normalized spacial score (nSPS) is 10.8. The summed E-state index contributed by atoms with van der Waals surface area (Å²) in [5, 5.41) is 0. The lowest BCUT2D eigenvalue weighted by molar-refractivity contribution is 0.0976. The summed E-state index contributed by atoms with van der Waals surface area (Å²) in [7, 11) is 0. The molecule has 0 amide bonds. The second kappa shape index (κ2) is 45.5. The predicted octanol–water partition coefficient (Wildman–Crippen LogP) is 22.0. The van der Waals surface area contributed by atoms with Gasteiger partial charge in [-0.05, 0) is 191 Å². The SMILES string of the molecule is CC(C)c1cc(CC(=O)c2ccc(F)cn2)ccc1F.CC(C)c1cc(CC(=O)c2ncc(F)cc2F)ccc1F.CCc1cc(CC(=O)c2ccc(C)cn2)ccc1F.Cc1cnc(C(=O)Cc2cc(F)c(F)c(C(C)C)c2)cn1.Cc1cnc(C(=O)Cc2ccc(F)c(C(C)C)c2)cn1.Cc1cnc(C(=O)Cc2ccc(F)c(C(C)C)c2)cn1. The number of ketones is 6. The molecule has 6 aromatic carbocycles. The van der Waals surface area contributed by atoms with Crippen molar-refractivity contribution in [1.82, 2.24) is 44.9 Å². The maximum Gasteiger partial charge on any atom is 0.188 e. The molecule has 0 atom stereocenters. The van der Waals surface area contributed by atoms with Gasteiger partial charge in [0, 0.05) is 69.4 Å². The molecule has 15 nitrogen and oxygen atoms in total. The highest BCUT2D eigenvalue weighted by molar-refractivity contribution is 5.98. The van der Waals surface area contributed by atoms with E-state index < -0.39 is 40.6 Å². The number of carbonyl (C=O) groups excluding carboxylic acids is 6. The monoisotopic (exact) mass is 1660 g/mol. The van der Waals surface area contributed by atoms with Crippen LogP contribution in [0.15, 0.2) is 189 Å². The number of Topliss-reactive ketones (excluding diaryl/α,β-unsaturated/α-hetero) is 6. The number of hydrogen-bond donors (Lipinski definition) is 0. The number of rotatable bonds is 24. The molecule has 121 heavy (non-hydrogen) atoms. The summed E-state index contributed by atoms with van der Waals surface area (Å²) in [5.74, 6) is -6.68. The third kappa shape index (κ3) is 29.4. The molecule has 630 valence electrons. The molecule has 6 aromatic heterocycles. The Kier molecular flexibility index (Phi) is 35.9. The summed E-state index contributed by atoms with van der Waals surface area (Å²) in [6.07, 6.45) is 13.7. The maximum atomic E-state index is 13.7. The molecule has 12 aromatic rings. The van der Waals surface area contributed by atoms with Crippen LogP contribution in [0.4, 0.5) is 43.9 Å². The Labute approximate surface area is 698 Å². The van der Waals surface area contributed by atoms with Crippen molar-refractivity contribution >= 4 is 34.7 Å². The van der Waals surface area contributed by atoms with Gasteiger partial charge in [0.05, 0.1) is 48.1 Å². The van der Waals surface area contributed by atoms with Gasteiger partial charge in [0.1, 0.15) is 74.9 Å². The van der Waals surface area contributed by atoms with Crippen molar-refractivity contribution in [2.24, 2.45) is 0 Å². The lowest BCUT2D eigenvalue weighted by Gasteiger charge is -2.10. The van der Waals surface area contributed by atoms with Crippen LogP contribution in [0.5, 0.6) is 0 Å². The highest BCUT2D eigenvalue weighted by Gasteiger charge is 2.22. The number of pyridine rings is 3. The summed E-state index contributed by atoms with van der Waals surface area (Å²) < 4.78 is 134. The molecule has 0 aliphatic heterocycles. The molecule has 0 saturated carbocycles. The Morgan fingerprint density at radius 3 is 0.901 bits per heavy atom. The van der Waals surface area contributed by atoms with Crippen molar-refractivity contribution in [2.45, 2.75) is 178 Å². The Morgan fingerprint density at radius 1 is 0.264 bits per heavy atom. The first-order chi connectivity index (χ1) is 57.3. The molecule has 0 N–H and O–H groups in total. The van der Waals surface area contributed by atoms with Gasteiger partial charge >= 0.3 is 0 Å². The zero-order valence-electron chi connectivity index (χ0n) is 70.0. The largest absolute Gasteiger partial charge is 0.292 e. The number of benzene rings is 6. The van der Waals surface area contributed by atoms with Crippen LogP contribution in [0.25, 0.3) is 0 Å². The quantitative estimate of drug-likeness (QED) is 0.0406. The molecule has 0 aliphatic carbocycles. The van der Waals surface area contributed by atoms with Crippen molar-refractivity contribution in [3.63, 3.8) is 0 Å². The Morgan fingerprint density at radius 2 is 0.579 bits per heavy atom. The Bertz CT molecular complexity index is 5310. The third-order valence-corrected chi connectivity index (χ3v) is 18.6. The first-order valence-corrected chi connectivity index (χ1v) is 39.1. The van der Waals surface area contributed by atoms with E-state index in [0.29, 0.717) is 74.2 Å². The predicted molar refractivity (Wildman–Crippen MR) is 444 cm³/mol. The fraction of sp³-hybridized carbons (Fsp3) is 0.281. The average molecular weight is 1660 g/mol. The van der Waals surface area contributed by atoms with Crippen LogP contribution in [0, 0.1) is 85.9 Å². The fourth-order valence-electron chi connectivity index (χ4n) is 11.8. The number of carbonyl (C=O) groups is 6. The van der Waals surface area contributed by atoms with E-state index >= 15 is 0 Å². The second-order valence-corrected chi connectivity index (χ2v) is 30.3. The van der Waals surface area contributed by atoms with Crippen molar-refractivity contribution in [1.29, 1.82) is 0 Å². The zero-order valence-corrected chi connectivity index (χ0v) is 70.0. The van der Waals surface area contributed by atoms with Gasteiger partial charge in [-0.3, -0.25) is 53.7 Å². The van der Waals surface area contributed by atoms with Crippen LogP contribution < -0.4 is 0 Å². The lowest BCUT2D eigenvalue weighted by atomic mass is 9.97. The van der Waals surface area contributed by atoms with Crippen molar-refractivity contribution < 1.29 is 72.7 Å². The third-order valence-electron chi connectivity index (χ3n) is 18.6. The Balaban J connectivity index is 0.000000200. The molecule has 0 fully saturated rings. The standard InChI is InChI=1S/C16H14F3NO.C16H16F2N2O.C16H15F2NO.2C16H17FN2O.C16H16FNO/c1-9(2)12-5-10(3-4-13(12)18)6-15(21)16-14(19)7-11(17)8-20-16;1-9(2)12-4-11(5-13(17)16(12)18)6-15(21)14-8-19-10(3)7-20-14;1-10(2)13-7-11(3-5-14(13)18)8-16(20)15-6-4-12(17)9-19-15;2*1-10(2)13-6-12(4-5-14(13)17)7-16(20)15-9-18-11(3)8-19-15;1-3-13-8-12(5-6-14(13)17)9-16(19)15-7-4-11(2)10-18-15/h3-5,7-9H,6H2,1-2H3;4-5,7-9H,6H2,1-3H3;3-7,9-10H,8H2,1-2H3;2*4-6,8-10H,7H2,1-3H3;4-8,10H,3,9H2,1-2H3. The summed E-state index contributed by atoms with van der Waals surface area (Å²) in [6, 6.07) is 32.8. The van der Waals surface area contributed by atoms with Crippen LogP contribution in [0.3, 0.4) is 0 Å². The van der Waals surface area contributed by atoms with Crippen molar-refractivity contribution in [3.8, 4) is 0 Å². The molecular weight excluding hydrogens is 1570 g/mol. The summed E-state index contributed by atoms with van der Waals surface area (Å²) in [5.41, 5.74) is 11.8. The number of hydrogen-bond acceptors (Lipinski definition) is 15. The highest BCUT2D eigenvalue weighted by Crippen LogP contribution is 2.28. The van der Waals surface area contributed by atoms with Gasteiger partial charge in [-0.1, -0.05) is 149 Å². The van der Waals surface area contributed by atoms with Gasteiger partial charge in [-0.15, -0.1) is 0 Å². The highest BCUT2D eigenvalue weighted by atomic mass is 19.2. The van der Waals surface area contributed by atoms with Gasteiger partial charge in [-0.2, -0.15) is 0 Å². The minimum absolute atomic E-state index is 0.0271. The van der Waals surface area contributed by atoms with E-state index in [1.807, 2.05) is 89.2 Å². The number of nitrogens with zero attached hydrogens (tertiary/aromatic N) is 9. The number of halogens is 10. The minimum atomic E-state index is -0.994. The van der Waals surface area contributed by atoms with Gasteiger partial charge in [-0.25, -0.2) is 63.8 Å². The van der Waals surface area contributed by atoms with E-state index in [1.165, 1.54) is 79.4 Å². The maximum absolute atomic E-state index is 13.7. The van der Waals surface area contributed by atoms with E-state index in [1.54, 1.807) is 100 Å². The topological polar surface area (TPSA) is 218 Å². The van der Waals surface area contributed by atoms with Gasteiger partial charge in [0.15, 0.2) is 52.2 Å². The molecule has 0 radical (unpaired) electrons. The molecule has 0 unspecified atom stereocenters. The molecule has 6 heterocycles. The minimum Gasteiger partial charge on any atom is -0.292 e. The summed E-state index contributed by atoms with van der Waals surface area (Å²) >= 11 is 0. The van der Waals surface area contributed by atoms with Gasteiger partial charge in [0.2, 0.25) is 0 Å². The smallest absolute Gasteiger partial charge is 0.188 e. The van der Waals surface area contributed by atoms with Crippen LogP contribution in [-0.2, 0) is 44.9 Å². The van der Waals surface area contributed by atoms with E-state index in [2.05, 4.69) is 44.9 Å². The average Bonchev–Trinajstić information content (AvgIpc) is 0.835. The first-order valence-electron chi connectivity index (χ1n) is 39.1. The first kappa shape index (κ1) is 95.5. The van der Waals surface area contributed by atoms with Gasteiger partial charge in [0.25, 0.3) is 0 Å². The number of aromatic nitrogens is 9. The van der Waals surface area contributed by atoms with E-state index in [-0.39, 0.29) is 143 Å². The van der Waals surface area contributed by atoms with Crippen LogP contribution in [0.1, 0.15) is 258 Å². The van der Waals surface area contributed by atoms with E-state index in [0.717, 1.165) is 57.7 Å².